The fourth-order valence-corrected chi connectivity index (χ4v) is 4.10. The summed E-state index contributed by atoms with van der Waals surface area (Å²) in [5, 5.41) is 18.0. The number of anilines is 2. The Morgan fingerprint density at radius 1 is 1.26 bits per heavy atom. The summed E-state index contributed by atoms with van der Waals surface area (Å²) in [6, 6.07) is 1.85. The molecular formula is C26H30F2N8O3. The van der Waals surface area contributed by atoms with Gasteiger partial charge in [0.25, 0.3) is 11.8 Å². The lowest BCUT2D eigenvalue weighted by Crippen LogP contribution is -2.33. The number of nitrogens with zero attached hydrogens (tertiary/aromatic N) is 5. The Hall–Kier alpha value is -4.13. The summed E-state index contributed by atoms with van der Waals surface area (Å²) in [5.74, 6) is -2.01. The lowest BCUT2D eigenvalue weighted by atomic mass is 10.00. The minimum absolute atomic E-state index is 0.00836. The summed E-state index contributed by atoms with van der Waals surface area (Å²) in [7, 11) is 0. The molecule has 11 nitrogen and oxygen atoms in total. The van der Waals surface area contributed by atoms with E-state index in [0.29, 0.717) is 30.2 Å². The highest BCUT2D eigenvalue weighted by Crippen LogP contribution is 2.37. The van der Waals surface area contributed by atoms with Gasteiger partial charge in [-0.3, -0.25) is 4.79 Å². The second-order valence-corrected chi connectivity index (χ2v) is 10.7. The van der Waals surface area contributed by atoms with Crippen molar-refractivity contribution in [2.75, 3.05) is 11.9 Å². The zero-order valence-electron chi connectivity index (χ0n) is 22.1. The molecule has 1 aliphatic carbocycles. The maximum absolute atomic E-state index is 14.8. The van der Waals surface area contributed by atoms with Crippen LogP contribution in [-0.4, -0.2) is 48.9 Å². The van der Waals surface area contributed by atoms with Crippen molar-refractivity contribution in [3.63, 3.8) is 0 Å². The summed E-state index contributed by atoms with van der Waals surface area (Å²) in [6.07, 6.45) is 5.27. The molecule has 0 aliphatic heterocycles. The molecule has 4 N–H and O–H groups in total. The molecule has 3 aromatic heterocycles. The van der Waals surface area contributed by atoms with E-state index in [2.05, 4.69) is 30.9 Å². The van der Waals surface area contributed by atoms with Gasteiger partial charge in [0.1, 0.15) is 23.5 Å². The SMILES string of the molecule is CC(C)c1c(-c2nnc(OCCC(C)(C)N)o2)cn2ncnc(Nc3cc(C(=O)NC4CC4)c(F)cc3F)c12. The first-order valence-corrected chi connectivity index (χ1v) is 12.7. The van der Waals surface area contributed by atoms with Crippen LogP contribution in [0.15, 0.2) is 29.1 Å². The van der Waals surface area contributed by atoms with Crippen molar-refractivity contribution in [3.05, 3.63) is 47.4 Å². The number of carbonyl (C=O) groups is 1. The summed E-state index contributed by atoms with van der Waals surface area (Å²) in [4.78, 5) is 16.8. The third-order valence-electron chi connectivity index (χ3n) is 6.27. The van der Waals surface area contributed by atoms with Crippen LogP contribution in [0.2, 0.25) is 0 Å². The third-order valence-corrected chi connectivity index (χ3v) is 6.27. The molecule has 0 spiro atoms. The quantitative estimate of drug-likeness (QED) is 0.268. The first-order valence-electron chi connectivity index (χ1n) is 12.7. The Labute approximate surface area is 223 Å². The topological polar surface area (TPSA) is 145 Å². The molecule has 3 heterocycles. The predicted octanol–water partition coefficient (Wildman–Crippen LogP) is 4.32. The Kier molecular flexibility index (Phi) is 6.93. The maximum atomic E-state index is 14.8. The normalized spacial score (nSPS) is 13.7. The largest absolute Gasteiger partial charge is 0.449 e. The van der Waals surface area contributed by atoms with Crippen molar-refractivity contribution in [2.45, 2.75) is 64.5 Å². The van der Waals surface area contributed by atoms with Crippen LogP contribution in [0, 0.1) is 11.6 Å². The van der Waals surface area contributed by atoms with E-state index in [1.807, 2.05) is 27.7 Å². The Bertz CT molecular complexity index is 1520. The Morgan fingerprint density at radius 3 is 2.72 bits per heavy atom. The first-order chi connectivity index (χ1) is 18.5. The summed E-state index contributed by atoms with van der Waals surface area (Å²) >= 11 is 0. The third kappa shape index (κ3) is 5.82. The number of benzene rings is 1. The van der Waals surface area contributed by atoms with Gasteiger partial charge in [-0.2, -0.15) is 5.10 Å². The summed E-state index contributed by atoms with van der Waals surface area (Å²) in [6.45, 7) is 8.03. The van der Waals surface area contributed by atoms with Crippen molar-refractivity contribution in [1.82, 2.24) is 30.1 Å². The second kappa shape index (κ2) is 10.2. The lowest BCUT2D eigenvalue weighted by Gasteiger charge is -2.16. The Balaban J connectivity index is 1.48. The van der Waals surface area contributed by atoms with Crippen molar-refractivity contribution < 1.29 is 22.7 Å². The molecule has 0 bridgehead atoms. The first kappa shape index (κ1) is 26.5. The van der Waals surface area contributed by atoms with Gasteiger partial charge in [0.2, 0.25) is 0 Å². The van der Waals surface area contributed by atoms with Crippen LogP contribution >= 0.6 is 0 Å². The molecule has 1 aliphatic rings. The van der Waals surface area contributed by atoms with Crippen LogP contribution in [-0.2, 0) is 0 Å². The van der Waals surface area contributed by atoms with Crippen LogP contribution in [0.25, 0.3) is 17.0 Å². The molecule has 4 aromatic rings. The molecule has 0 radical (unpaired) electrons. The van der Waals surface area contributed by atoms with Gasteiger partial charge in [-0.15, -0.1) is 5.10 Å². The van der Waals surface area contributed by atoms with Gasteiger partial charge in [0.05, 0.1) is 23.4 Å². The van der Waals surface area contributed by atoms with E-state index < -0.39 is 23.1 Å². The molecule has 1 saturated carbocycles. The number of hydrogen-bond donors (Lipinski definition) is 3. The van der Waals surface area contributed by atoms with Gasteiger partial charge >= 0.3 is 6.08 Å². The van der Waals surface area contributed by atoms with E-state index >= 15 is 0 Å². The van der Waals surface area contributed by atoms with Gasteiger partial charge in [-0.05, 0) is 50.7 Å². The van der Waals surface area contributed by atoms with E-state index in [1.54, 1.807) is 10.7 Å². The minimum Gasteiger partial charge on any atom is -0.449 e. The molecule has 5 rings (SSSR count). The number of nitrogens with two attached hydrogens (primary N) is 1. The average Bonchev–Trinajstić information content (AvgIpc) is 3.38. The summed E-state index contributed by atoms with van der Waals surface area (Å²) in [5.41, 5.74) is 7.11. The van der Waals surface area contributed by atoms with Gasteiger partial charge in [-0.1, -0.05) is 18.9 Å². The number of nitrogens with one attached hydrogen (secondary N) is 2. The lowest BCUT2D eigenvalue weighted by molar-refractivity contribution is 0.0947. The van der Waals surface area contributed by atoms with E-state index in [9.17, 15) is 13.6 Å². The van der Waals surface area contributed by atoms with Crippen molar-refractivity contribution in [2.24, 2.45) is 5.73 Å². The second-order valence-electron chi connectivity index (χ2n) is 10.7. The number of aromatic nitrogens is 5. The van der Waals surface area contributed by atoms with Crippen LogP contribution in [0.1, 0.15) is 68.8 Å². The van der Waals surface area contributed by atoms with Crippen molar-refractivity contribution in [1.29, 1.82) is 0 Å². The Morgan fingerprint density at radius 2 is 2.03 bits per heavy atom. The molecule has 0 unspecified atom stereocenters. The van der Waals surface area contributed by atoms with Crippen molar-refractivity contribution >= 4 is 22.9 Å². The average molecular weight is 541 g/mol. The molecule has 39 heavy (non-hydrogen) atoms. The zero-order valence-corrected chi connectivity index (χ0v) is 22.1. The van der Waals surface area contributed by atoms with Crippen LogP contribution < -0.4 is 21.1 Å². The fraction of sp³-hybridized carbons (Fsp3) is 0.423. The number of rotatable bonds is 10. The smallest absolute Gasteiger partial charge is 0.414 e. The highest BCUT2D eigenvalue weighted by molar-refractivity contribution is 5.96. The number of fused-ring (bicyclic) bond motifs is 1. The fourth-order valence-electron chi connectivity index (χ4n) is 4.10. The van der Waals surface area contributed by atoms with Gasteiger partial charge in [-0.25, -0.2) is 18.3 Å². The number of ether oxygens (including phenoxy) is 1. The highest BCUT2D eigenvalue weighted by Gasteiger charge is 2.27. The minimum atomic E-state index is -0.943. The molecule has 1 amide bonds. The van der Waals surface area contributed by atoms with E-state index in [0.717, 1.165) is 24.5 Å². The number of amides is 1. The predicted molar refractivity (Wildman–Crippen MR) is 139 cm³/mol. The molecule has 0 atom stereocenters. The van der Waals surface area contributed by atoms with E-state index in [4.69, 9.17) is 14.9 Å². The number of carbonyl (C=O) groups excluding carboxylic acids is 1. The maximum Gasteiger partial charge on any atom is 0.414 e. The molecular weight excluding hydrogens is 510 g/mol. The zero-order chi connectivity index (χ0) is 27.9. The van der Waals surface area contributed by atoms with Gasteiger partial charge in [0.15, 0.2) is 5.82 Å². The van der Waals surface area contributed by atoms with Crippen molar-refractivity contribution in [3.8, 4) is 17.5 Å². The molecule has 1 fully saturated rings. The van der Waals surface area contributed by atoms with E-state index in [-0.39, 0.29) is 41.0 Å². The standard InChI is InChI=1S/C26H30F2N8O3/c1-13(2)20-16(24-34-35-25(39-24)38-8-7-26(3,4)29)11-36-21(20)22(30-12-31-36)33-19-9-15(17(27)10-18(19)28)23(37)32-14-5-6-14/h9-14H,5-8,29H2,1-4H3,(H,32,37)(H,30,31,33). The molecule has 206 valence electrons. The van der Waals surface area contributed by atoms with Gasteiger partial charge in [0, 0.05) is 23.8 Å². The van der Waals surface area contributed by atoms with Gasteiger partial charge < -0.3 is 25.5 Å². The molecule has 1 aromatic carbocycles. The summed E-state index contributed by atoms with van der Waals surface area (Å²) < 4.78 is 42.2. The molecule has 0 saturated heterocycles. The van der Waals surface area contributed by atoms with Crippen LogP contribution in [0.4, 0.5) is 20.3 Å². The monoisotopic (exact) mass is 540 g/mol. The number of halogens is 2. The van der Waals surface area contributed by atoms with Crippen LogP contribution in [0.5, 0.6) is 6.08 Å². The number of hydrogen-bond acceptors (Lipinski definition) is 9. The molecule has 13 heteroatoms. The van der Waals surface area contributed by atoms with E-state index in [1.165, 1.54) is 6.33 Å². The highest BCUT2D eigenvalue weighted by atomic mass is 19.1. The van der Waals surface area contributed by atoms with Crippen LogP contribution in [0.3, 0.4) is 0 Å².